The van der Waals surface area contributed by atoms with E-state index in [9.17, 15) is 0 Å². The summed E-state index contributed by atoms with van der Waals surface area (Å²) >= 11 is 3.70. The maximum atomic E-state index is 3.97. The zero-order chi connectivity index (χ0) is 6.57. The van der Waals surface area contributed by atoms with Crippen LogP contribution in [0.2, 0.25) is 0 Å². The van der Waals surface area contributed by atoms with Gasteiger partial charge in [-0.25, -0.2) is 0 Å². The molecule has 0 aromatic heterocycles. The Hall–Kier alpha value is 0.700. The van der Waals surface area contributed by atoms with Crippen LogP contribution in [-0.2, 0) is 0 Å². The van der Waals surface area contributed by atoms with E-state index in [4.69, 9.17) is 0 Å². The monoisotopic (exact) mass is 149 g/mol. The molecule has 49 valence electrons. The summed E-state index contributed by atoms with van der Waals surface area (Å²) in [6, 6.07) is 0. The summed E-state index contributed by atoms with van der Waals surface area (Å²) in [5.41, 5.74) is 0. The molecule has 0 bridgehead atoms. The highest BCUT2D eigenvalue weighted by atomic mass is 32.2. The summed E-state index contributed by atoms with van der Waals surface area (Å²) in [5, 5.41) is 1.23. The fraction of sp³-hybridized carbons (Fsp3) is 0.833. The van der Waals surface area contributed by atoms with E-state index in [1.807, 2.05) is 23.5 Å². The highest BCUT2D eigenvalue weighted by Gasteiger charge is 2.07. The third-order valence-electron chi connectivity index (χ3n) is 1.20. The maximum absolute atomic E-state index is 3.97. The summed E-state index contributed by atoms with van der Waals surface area (Å²) in [7, 11) is 0. The summed E-state index contributed by atoms with van der Waals surface area (Å²) < 4.78 is 0. The lowest BCUT2D eigenvalue weighted by molar-refractivity contribution is 1.00. The standard InChI is InChI=1S/C6H13S2/c1-5(7-3)6(2)8-4/h5-6H,1H2,2-4H3. The van der Waals surface area contributed by atoms with Gasteiger partial charge in [0.1, 0.15) is 0 Å². The van der Waals surface area contributed by atoms with Crippen LogP contribution in [-0.4, -0.2) is 23.0 Å². The Morgan fingerprint density at radius 3 is 1.88 bits per heavy atom. The second-order valence-corrected chi connectivity index (χ2v) is 4.01. The Kier molecular flexibility index (Phi) is 4.97. The van der Waals surface area contributed by atoms with Crippen molar-refractivity contribution in [2.24, 2.45) is 0 Å². The predicted molar refractivity (Wildman–Crippen MR) is 45.6 cm³/mol. The highest BCUT2D eigenvalue weighted by molar-refractivity contribution is 8.03. The maximum Gasteiger partial charge on any atom is 0.0161 e. The van der Waals surface area contributed by atoms with Crippen LogP contribution in [0.3, 0.4) is 0 Å². The molecule has 8 heavy (non-hydrogen) atoms. The van der Waals surface area contributed by atoms with Crippen LogP contribution in [0.25, 0.3) is 0 Å². The smallest absolute Gasteiger partial charge is 0.0161 e. The van der Waals surface area contributed by atoms with Crippen molar-refractivity contribution in [3.63, 3.8) is 0 Å². The molecule has 0 saturated carbocycles. The van der Waals surface area contributed by atoms with Crippen LogP contribution in [0.5, 0.6) is 0 Å². The van der Waals surface area contributed by atoms with Gasteiger partial charge in [0, 0.05) is 10.5 Å². The third kappa shape index (κ3) is 2.88. The summed E-state index contributed by atoms with van der Waals surface area (Å²) in [6.45, 7) is 6.18. The lowest BCUT2D eigenvalue weighted by atomic mass is 10.4. The number of rotatable bonds is 3. The van der Waals surface area contributed by atoms with E-state index >= 15 is 0 Å². The third-order valence-corrected chi connectivity index (χ3v) is 3.46. The zero-order valence-corrected chi connectivity index (χ0v) is 7.31. The molecule has 2 heteroatoms. The first-order chi connectivity index (χ1) is 3.72. The van der Waals surface area contributed by atoms with Gasteiger partial charge in [0.15, 0.2) is 0 Å². The Labute approximate surface area is 60.8 Å². The molecule has 0 heterocycles. The molecule has 0 fully saturated rings. The van der Waals surface area contributed by atoms with Crippen molar-refractivity contribution in [3.8, 4) is 0 Å². The van der Waals surface area contributed by atoms with Crippen LogP contribution in [0, 0.1) is 6.92 Å². The average molecular weight is 149 g/mol. The normalized spacial score (nSPS) is 18.0. The van der Waals surface area contributed by atoms with Gasteiger partial charge < -0.3 is 0 Å². The molecule has 0 aromatic rings. The number of hydrogen-bond acceptors (Lipinski definition) is 2. The van der Waals surface area contributed by atoms with Gasteiger partial charge in [-0.3, -0.25) is 0 Å². The van der Waals surface area contributed by atoms with Crippen molar-refractivity contribution in [2.75, 3.05) is 12.5 Å². The molecule has 0 saturated heterocycles. The van der Waals surface area contributed by atoms with E-state index in [2.05, 4.69) is 26.4 Å². The highest BCUT2D eigenvalue weighted by Crippen LogP contribution is 2.18. The minimum Gasteiger partial charge on any atom is -0.161 e. The fourth-order valence-corrected chi connectivity index (χ4v) is 1.70. The zero-order valence-electron chi connectivity index (χ0n) is 5.68. The van der Waals surface area contributed by atoms with Crippen molar-refractivity contribution < 1.29 is 0 Å². The van der Waals surface area contributed by atoms with E-state index in [-0.39, 0.29) is 0 Å². The van der Waals surface area contributed by atoms with Gasteiger partial charge in [-0.15, -0.1) is 0 Å². The van der Waals surface area contributed by atoms with Gasteiger partial charge in [0.05, 0.1) is 0 Å². The second-order valence-electron chi connectivity index (χ2n) is 1.71. The Bertz CT molecular complexity index is 46.5. The Morgan fingerprint density at radius 1 is 1.25 bits per heavy atom. The van der Waals surface area contributed by atoms with Gasteiger partial charge >= 0.3 is 0 Å². The van der Waals surface area contributed by atoms with Crippen molar-refractivity contribution in [1.82, 2.24) is 0 Å². The first-order valence-corrected chi connectivity index (χ1v) is 5.18. The van der Waals surface area contributed by atoms with Gasteiger partial charge in [-0.2, -0.15) is 23.5 Å². The van der Waals surface area contributed by atoms with Gasteiger partial charge in [-0.05, 0) is 19.4 Å². The van der Waals surface area contributed by atoms with E-state index in [1.54, 1.807) is 0 Å². The van der Waals surface area contributed by atoms with Crippen molar-refractivity contribution in [1.29, 1.82) is 0 Å². The van der Waals surface area contributed by atoms with E-state index < -0.39 is 0 Å². The molecule has 1 radical (unpaired) electrons. The molecule has 2 atom stereocenters. The molecular formula is C6H13S2. The predicted octanol–water partition coefficient (Wildman–Crippen LogP) is 2.30. The number of thioether (sulfide) groups is 2. The van der Waals surface area contributed by atoms with Crippen LogP contribution >= 0.6 is 23.5 Å². The Morgan fingerprint density at radius 2 is 1.75 bits per heavy atom. The molecule has 0 N–H and O–H groups in total. The summed E-state index contributed by atoms with van der Waals surface area (Å²) in [6.07, 6.45) is 4.23. The van der Waals surface area contributed by atoms with Crippen molar-refractivity contribution in [3.05, 3.63) is 6.92 Å². The molecule has 0 rings (SSSR count). The molecule has 0 aliphatic heterocycles. The van der Waals surface area contributed by atoms with Crippen LogP contribution in [0.15, 0.2) is 0 Å². The van der Waals surface area contributed by atoms with Crippen LogP contribution in [0.4, 0.5) is 0 Å². The van der Waals surface area contributed by atoms with Gasteiger partial charge in [0.2, 0.25) is 0 Å². The van der Waals surface area contributed by atoms with E-state index in [1.165, 1.54) is 0 Å². The summed E-state index contributed by atoms with van der Waals surface area (Å²) in [4.78, 5) is 0. The minimum absolute atomic E-state index is 0.546. The second kappa shape index (κ2) is 4.57. The molecule has 0 aromatic carbocycles. The van der Waals surface area contributed by atoms with Crippen molar-refractivity contribution >= 4 is 23.5 Å². The molecule has 0 amide bonds. The lowest BCUT2D eigenvalue weighted by Crippen LogP contribution is -2.10. The van der Waals surface area contributed by atoms with E-state index in [0.717, 1.165) is 0 Å². The first kappa shape index (κ1) is 8.70. The topological polar surface area (TPSA) is 0 Å². The average Bonchev–Trinajstić information content (AvgIpc) is 1.84. The molecule has 0 spiro atoms. The quantitative estimate of drug-likeness (QED) is 0.604. The lowest BCUT2D eigenvalue weighted by Gasteiger charge is -2.13. The van der Waals surface area contributed by atoms with E-state index in [0.29, 0.717) is 10.5 Å². The molecule has 0 aliphatic carbocycles. The van der Waals surface area contributed by atoms with Gasteiger partial charge in [-0.1, -0.05) is 6.92 Å². The molecule has 0 nitrogen and oxygen atoms in total. The Balaban J connectivity index is 3.29. The van der Waals surface area contributed by atoms with Crippen LogP contribution in [0.1, 0.15) is 6.92 Å². The molecular weight excluding hydrogens is 136 g/mol. The minimum atomic E-state index is 0.546. The fourth-order valence-electron chi connectivity index (χ4n) is 0.343. The van der Waals surface area contributed by atoms with Gasteiger partial charge in [0.25, 0.3) is 0 Å². The first-order valence-electron chi connectivity index (χ1n) is 2.61. The molecule has 0 aliphatic rings. The number of hydrogen-bond donors (Lipinski definition) is 0. The largest absolute Gasteiger partial charge is 0.161 e. The summed E-state index contributed by atoms with van der Waals surface area (Å²) in [5.74, 6) is 0. The molecule has 2 unspecified atom stereocenters. The van der Waals surface area contributed by atoms with Crippen molar-refractivity contribution in [2.45, 2.75) is 17.4 Å². The van der Waals surface area contributed by atoms with Crippen LogP contribution < -0.4 is 0 Å². The SMILES string of the molecule is [CH2]C(SC)C(C)SC.